The van der Waals surface area contributed by atoms with Crippen molar-refractivity contribution in [3.05, 3.63) is 0 Å². The highest BCUT2D eigenvalue weighted by Crippen LogP contribution is 2.74. The van der Waals surface area contributed by atoms with Crippen LogP contribution in [0.5, 0.6) is 0 Å². The average Bonchev–Trinajstić information content (AvgIpc) is 2.89. The standard InChI is InChI=1S/C23H40O6/c1-20(13-26)7-3-8-21(2)16(20)6-9-22-10-14(4-5-17(21)22)23(29,18(22)12-25)19(28)15(27)11-24/h14-19,24-29H,3-13H2,1-2H3. The van der Waals surface area contributed by atoms with Crippen molar-refractivity contribution in [3.63, 3.8) is 0 Å². The van der Waals surface area contributed by atoms with Gasteiger partial charge in [-0.05, 0) is 78.9 Å². The molecule has 4 rings (SSSR count). The van der Waals surface area contributed by atoms with Gasteiger partial charge in [-0.25, -0.2) is 0 Å². The van der Waals surface area contributed by atoms with Crippen LogP contribution in [0.2, 0.25) is 0 Å². The van der Waals surface area contributed by atoms with Crippen LogP contribution in [0.15, 0.2) is 0 Å². The van der Waals surface area contributed by atoms with E-state index in [-0.39, 0.29) is 35.4 Å². The summed E-state index contributed by atoms with van der Waals surface area (Å²) < 4.78 is 0. The lowest BCUT2D eigenvalue weighted by molar-refractivity contribution is -0.202. The molecule has 6 N–H and O–H groups in total. The summed E-state index contributed by atoms with van der Waals surface area (Å²) in [5.74, 6) is 0.0478. The molecule has 0 aromatic carbocycles. The van der Waals surface area contributed by atoms with Gasteiger partial charge in [-0.2, -0.15) is 0 Å². The van der Waals surface area contributed by atoms with Gasteiger partial charge in [0.25, 0.3) is 0 Å². The lowest BCUT2D eigenvalue weighted by atomic mass is 9.40. The van der Waals surface area contributed by atoms with Crippen LogP contribution in [0.25, 0.3) is 0 Å². The van der Waals surface area contributed by atoms with E-state index >= 15 is 0 Å². The van der Waals surface area contributed by atoms with Gasteiger partial charge in [0.15, 0.2) is 0 Å². The van der Waals surface area contributed by atoms with Gasteiger partial charge in [0.2, 0.25) is 0 Å². The fraction of sp³-hybridized carbons (Fsp3) is 1.00. The molecule has 6 heteroatoms. The highest BCUT2D eigenvalue weighted by molar-refractivity contribution is 5.22. The molecular formula is C23H40O6. The first kappa shape index (κ1) is 22.0. The average molecular weight is 413 g/mol. The van der Waals surface area contributed by atoms with Gasteiger partial charge in [-0.3, -0.25) is 0 Å². The zero-order chi connectivity index (χ0) is 21.2. The number of hydrogen-bond donors (Lipinski definition) is 6. The Kier molecular flexibility index (Phi) is 5.41. The minimum absolute atomic E-state index is 0.0398. The summed E-state index contributed by atoms with van der Waals surface area (Å²) in [7, 11) is 0. The maximum atomic E-state index is 11.7. The molecule has 4 saturated carbocycles. The lowest BCUT2D eigenvalue weighted by Gasteiger charge is -2.65. The van der Waals surface area contributed by atoms with Gasteiger partial charge >= 0.3 is 0 Å². The van der Waals surface area contributed by atoms with Crippen LogP contribution in [0.3, 0.4) is 0 Å². The van der Waals surface area contributed by atoms with Crippen molar-refractivity contribution in [2.75, 3.05) is 19.8 Å². The molecule has 4 aliphatic rings. The van der Waals surface area contributed by atoms with Crippen molar-refractivity contribution in [1.29, 1.82) is 0 Å². The first-order valence-corrected chi connectivity index (χ1v) is 11.5. The molecule has 168 valence electrons. The molecule has 10 atom stereocenters. The number of hydrogen-bond acceptors (Lipinski definition) is 6. The summed E-state index contributed by atoms with van der Waals surface area (Å²) in [6, 6.07) is 0. The van der Waals surface area contributed by atoms with E-state index in [1.165, 1.54) is 0 Å². The minimum Gasteiger partial charge on any atom is -0.396 e. The molecule has 0 amide bonds. The molecule has 10 unspecified atom stereocenters. The number of aliphatic hydroxyl groups excluding tert-OH is 5. The van der Waals surface area contributed by atoms with Crippen LogP contribution in [0.1, 0.15) is 65.2 Å². The molecule has 2 bridgehead atoms. The van der Waals surface area contributed by atoms with Crippen LogP contribution in [0.4, 0.5) is 0 Å². The van der Waals surface area contributed by atoms with Gasteiger partial charge in [0.05, 0.1) is 6.61 Å². The second kappa shape index (κ2) is 7.14. The number of fused-ring (bicyclic) bond motifs is 3. The molecule has 1 spiro atoms. The molecule has 0 aromatic rings. The predicted octanol–water partition coefficient (Wildman–Crippen LogP) is 1.06. The summed E-state index contributed by atoms with van der Waals surface area (Å²) >= 11 is 0. The maximum Gasteiger partial charge on any atom is 0.111 e. The second-order valence-electron chi connectivity index (χ2n) is 11.3. The fourth-order valence-corrected chi connectivity index (χ4v) is 9.22. The number of aliphatic hydroxyl groups is 6. The van der Waals surface area contributed by atoms with Crippen LogP contribution in [0, 0.1) is 39.9 Å². The molecule has 4 aliphatic carbocycles. The molecular weight excluding hydrogens is 372 g/mol. The van der Waals surface area contributed by atoms with E-state index in [0.717, 1.165) is 51.4 Å². The van der Waals surface area contributed by atoms with Crippen LogP contribution >= 0.6 is 0 Å². The van der Waals surface area contributed by atoms with Crippen molar-refractivity contribution < 1.29 is 30.6 Å². The Morgan fingerprint density at radius 3 is 2.28 bits per heavy atom. The van der Waals surface area contributed by atoms with E-state index < -0.39 is 30.3 Å². The fourth-order valence-electron chi connectivity index (χ4n) is 9.22. The van der Waals surface area contributed by atoms with E-state index in [2.05, 4.69) is 13.8 Å². The lowest BCUT2D eigenvalue weighted by Crippen LogP contribution is -2.61. The first-order chi connectivity index (χ1) is 13.6. The van der Waals surface area contributed by atoms with Gasteiger partial charge in [0.1, 0.15) is 17.8 Å². The Labute approximate surface area is 174 Å². The highest BCUT2D eigenvalue weighted by Gasteiger charge is 2.73. The molecule has 4 fully saturated rings. The normalized spacial score (nSPS) is 53.8. The third-order valence-electron chi connectivity index (χ3n) is 10.4. The summed E-state index contributed by atoms with van der Waals surface area (Å²) in [6.07, 6.45) is 4.64. The third-order valence-corrected chi connectivity index (χ3v) is 10.4. The zero-order valence-electron chi connectivity index (χ0n) is 17.9. The topological polar surface area (TPSA) is 121 Å². The predicted molar refractivity (Wildman–Crippen MR) is 108 cm³/mol. The van der Waals surface area contributed by atoms with Gasteiger partial charge in [0, 0.05) is 19.1 Å². The van der Waals surface area contributed by atoms with E-state index in [1.807, 2.05) is 0 Å². The second-order valence-corrected chi connectivity index (χ2v) is 11.3. The van der Waals surface area contributed by atoms with Crippen molar-refractivity contribution in [3.8, 4) is 0 Å². The minimum atomic E-state index is -1.58. The van der Waals surface area contributed by atoms with E-state index in [1.54, 1.807) is 0 Å². The van der Waals surface area contributed by atoms with Gasteiger partial charge in [-0.15, -0.1) is 0 Å². The van der Waals surface area contributed by atoms with Crippen molar-refractivity contribution in [2.24, 2.45) is 39.9 Å². The number of rotatable bonds is 5. The smallest absolute Gasteiger partial charge is 0.111 e. The SMILES string of the molecule is CC1(CO)CCCC2(C)C1CCC13CC(CCC21)C(O)(C(O)C(O)CO)C3CO. The molecule has 29 heavy (non-hydrogen) atoms. The monoisotopic (exact) mass is 412 g/mol. The van der Waals surface area contributed by atoms with E-state index in [0.29, 0.717) is 11.8 Å². The van der Waals surface area contributed by atoms with Gasteiger partial charge < -0.3 is 30.6 Å². The Morgan fingerprint density at radius 1 is 0.931 bits per heavy atom. The van der Waals surface area contributed by atoms with E-state index in [9.17, 15) is 30.6 Å². The Morgan fingerprint density at radius 2 is 1.66 bits per heavy atom. The first-order valence-electron chi connectivity index (χ1n) is 11.5. The Bertz CT molecular complexity index is 628. The molecule has 0 aromatic heterocycles. The molecule has 6 nitrogen and oxygen atoms in total. The summed E-state index contributed by atoms with van der Waals surface area (Å²) in [5, 5.41) is 62.8. The molecule has 0 radical (unpaired) electrons. The largest absolute Gasteiger partial charge is 0.396 e. The van der Waals surface area contributed by atoms with Crippen molar-refractivity contribution in [1.82, 2.24) is 0 Å². The zero-order valence-corrected chi connectivity index (χ0v) is 17.9. The summed E-state index contributed by atoms with van der Waals surface area (Å²) in [5.41, 5.74) is -1.88. The highest BCUT2D eigenvalue weighted by atomic mass is 16.4. The molecule has 0 aliphatic heterocycles. The maximum absolute atomic E-state index is 11.7. The quantitative estimate of drug-likeness (QED) is 0.402. The summed E-state index contributed by atoms with van der Waals surface area (Å²) in [6.45, 7) is 3.94. The molecule has 0 heterocycles. The molecule has 0 saturated heterocycles. The van der Waals surface area contributed by atoms with Crippen LogP contribution in [-0.2, 0) is 0 Å². The van der Waals surface area contributed by atoms with Crippen LogP contribution < -0.4 is 0 Å². The third kappa shape index (κ3) is 2.69. The van der Waals surface area contributed by atoms with Crippen molar-refractivity contribution >= 4 is 0 Å². The van der Waals surface area contributed by atoms with Crippen molar-refractivity contribution in [2.45, 2.75) is 83.0 Å². The Balaban J connectivity index is 1.75. The van der Waals surface area contributed by atoms with E-state index in [4.69, 9.17) is 0 Å². The van der Waals surface area contributed by atoms with Crippen LogP contribution in [-0.4, -0.2) is 68.3 Å². The summed E-state index contributed by atoms with van der Waals surface area (Å²) in [4.78, 5) is 0. The Hall–Kier alpha value is -0.240. The van der Waals surface area contributed by atoms with Gasteiger partial charge in [-0.1, -0.05) is 20.3 Å².